The molecule has 2 aromatic rings. The van der Waals surface area contributed by atoms with Gasteiger partial charge in [0.1, 0.15) is 0 Å². The van der Waals surface area contributed by atoms with Crippen molar-refractivity contribution < 1.29 is 28.3 Å². The largest absolute Gasteiger partial charge is 0.391 e. The summed E-state index contributed by atoms with van der Waals surface area (Å²) in [6, 6.07) is 8.86. The van der Waals surface area contributed by atoms with Crippen LogP contribution in [0.25, 0.3) is 0 Å². The SMILES string of the molecule is CCCN(CCC)C(=O)c1cccc(C(=O)N[C@@H](Cc2ccc(F)c(F)c2)[C@@H](O)C[C@@H](C)C(=O)NCC(C)C)c1. The molecule has 0 saturated heterocycles. The summed E-state index contributed by atoms with van der Waals surface area (Å²) in [5, 5.41) is 16.7. The third kappa shape index (κ3) is 10.0. The normalized spacial score (nSPS) is 13.4. The van der Waals surface area contributed by atoms with E-state index < -0.39 is 35.6 Å². The van der Waals surface area contributed by atoms with Crippen LogP contribution in [0.2, 0.25) is 0 Å². The van der Waals surface area contributed by atoms with Crippen LogP contribution in [0.15, 0.2) is 42.5 Å². The van der Waals surface area contributed by atoms with Gasteiger partial charge in [-0.05, 0) is 67.5 Å². The fraction of sp³-hybridized carbons (Fsp3) is 0.516. The van der Waals surface area contributed by atoms with Crippen molar-refractivity contribution in [3.8, 4) is 0 Å². The van der Waals surface area contributed by atoms with E-state index in [1.807, 2.05) is 27.7 Å². The summed E-state index contributed by atoms with van der Waals surface area (Å²) in [6.45, 7) is 11.3. The topological polar surface area (TPSA) is 98.7 Å². The number of benzene rings is 2. The van der Waals surface area contributed by atoms with Crippen molar-refractivity contribution in [2.75, 3.05) is 19.6 Å². The lowest BCUT2D eigenvalue weighted by atomic mass is 9.93. The van der Waals surface area contributed by atoms with Gasteiger partial charge in [-0.15, -0.1) is 0 Å². The molecule has 0 unspecified atom stereocenters. The monoisotopic (exact) mass is 559 g/mol. The van der Waals surface area contributed by atoms with Crippen LogP contribution in [0, 0.1) is 23.5 Å². The Balaban J connectivity index is 2.26. The predicted molar refractivity (Wildman–Crippen MR) is 152 cm³/mol. The van der Waals surface area contributed by atoms with Crippen molar-refractivity contribution in [3.05, 3.63) is 70.8 Å². The van der Waals surface area contributed by atoms with Crippen molar-refractivity contribution in [1.82, 2.24) is 15.5 Å². The molecule has 0 aliphatic rings. The Hall–Kier alpha value is -3.33. The first kappa shape index (κ1) is 32.9. The highest BCUT2D eigenvalue weighted by atomic mass is 19.2. The summed E-state index contributed by atoms with van der Waals surface area (Å²) >= 11 is 0. The van der Waals surface area contributed by atoms with E-state index in [4.69, 9.17) is 0 Å². The number of nitrogens with one attached hydrogen (secondary N) is 2. The summed E-state index contributed by atoms with van der Waals surface area (Å²) in [7, 11) is 0. The Kier molecular flexibility index (Phi) is 13.2. The Morgan fingerprint density at radius 1 is 0.925 bits per heavy atom. The average molecular weight is 560 g/mol. The number of hydrogen-bond acceptors (Lipinski definition) is 4. The van der Waals surface area contributed by atoms with Gasteiger partial charge in [0.05, 0.1) is 12.1 Å². The van der Waals surface area contributed by atoms with Gasteiger partial charge < -0.3 is 20.6 Å². The second kappa shape index (κ2) is 16.1. The summed E-state index contributed by atoms with van der Waals surface area (Å²) in [5.74, 6) is -3.24. The van der Waals surface area contributed by atoms with Gasteiger partial charge in [0.15, 0.2) is 11.6 Å². The number of nitrogens with zero attached hydrogens (tertiary/aromatic N) is 1. The van der Waals surface area contributed by atoms with Crippen molar-refractivity contribution >= 4 is 17.7 Å². The first-order valence-corrected chi connectivity index (χ1v) is 14.1. The molecule has 3 atom stereocenters. The molecule has 0 spiro atoms. The molecular weight excluding hydrogens is 516 g/mol. The van der Waals surface area contributed by atoms with Crippen LogP contribution >= 0.6 is 0 Å². The van der Waals surface area contributed by atoms with Gasteiger partial charge in [-0.2, -0.15) is 0 Å². The van der Waals surface area contributed by atoms with Gasteiger partial charge in [0.25, 0.3) is 11.8 Å². The minimum atomic E-state index is -1.16. The zero-order valence-corrected chi connectivity index (χ0v) is 24.2. The molecule has 3 amide bonds. The van der Waals surface area contributed by atoms with Gasteiger partial charge in [-0.1, -0.05) is 46.8 Å². The molecule has 0 saturated carbocycles. The highest BCUT2D eigenvalue weighted by Gasteiger charge is 2.27. The first-order chi connectivity index (χ1) is 19.0. The number of rotatable bonds is 15. The second-order valence-electron chi connectivity index (χ2n) is 10.7. The molecule has 0 aliphatic carbocycles. The van der Waals surface area contributed by atoms with Gasteiger partial charge in [0.2, 0.25) is 5.91 Å². The van der Waals surface area contributed by atoms with E-state index in [2.05, 4.69) is 10.6 Å². The van der Waals surface area contributed by atoms with Crippen LogP contribution in [0.4, 0.5) is 8.78 Å². The van der Waals surface area contributed by atoms with Crippen molar-refractivity contribution in [2.45, 2.75) is 72.4 Å². The Morgan fingerprint density at radius 3 is 2.17 bits per heavy atom. The summed E-state index contributed by atoms with van der Waals surface area (Å²) in [5.41, 5.74) is 0.977. The smallest absolute Gasteiger partial charge is 0.253 e. The number of carbonyl (C=O) groups is 3. The lowest BCUT2D eigenvalue weighted by Gasteiger charge is -2.27. The lowest BCUT2D eigenvalue weighted by molar-refractivity contribution is -0.125. The quantitative estimate of drug-likeness (QED) is 0.294. The lowest BCUT2D eigenvalue weighted by Crippen LogP contribution is -2.46. The van der Waals surface area contributed by atoms with Crippen LogP contribution in [0.5, 0.6) is 0 Å². The number of carbonyl (C=O) groups excluding carboxylic acids is 3. The number of aliphatic hydroxyl groups is 1. The van der Waals surface area contributed by atoms with E-state index in [-0.39, 0.29) is 36.1 Å². The van der Waals surface area contributed by atoms with Crippen molar-refractivity contribution in [2.24, 2.45) is 11.8 Å². The molecule has 9 heteroatoms. The fourth-order valence-electron chi connectivity index (χ4n) is 4.40. The Bertz CT molecular complexity index is 1140. The van der Waals surface area contributed by atoms with Gasteiger partial charge in [0, 0.05) is 36.7 Å². The maximum Gasteiger partial charge on any atom is 0.253 e. The van der Waals surface area contributed by atoms with Crippen LogP contribution in [0.1, 0.15) is 80.2 Å². The summed E-state index contributed by atoms with van der Waals surface area (Å²) in [6.07, 6.45) is 0.503. The van der Waals surface area contributed by atoms with Gasteiger partial charge >= 0.3 is 0 Å². The molecular formula is C31H43F2N3O4. The third-order valence-corrected chi connectivity index (χ3v) is 6.59. The minimum Gasteiger partial charge on any atom is -0.391 e. The molecule has 40 heavy (non-hydrogen) atoms. The summed E-state index contributed by atoms with van der Waals surface area (Å²) in [4.78, 5) is 40.6. The van der Waals surface area contributed by atoms with E-state index in [0.717, 1.165) is 25.0 Å². The second-order valence-corrected chi connectivity index (χ2v) is 10.7. The van der Waals surface area contributed by atoms with E-state index in [0.29, 0.717) is 30.8 Å². The molecule has 0 fully saturated rings. The average Bonchev–Trinajstić information content (AvgIpc) is 2.92. The highest BCUT2D eigenvalue weighted by Crippen LogP contribution is 2.17. The zero-order valence-electron chi connectivity index (χ0n) is 24.2. The van der Waals surface area contributed by atoms with Crippen molar-refractivity contribution in [1.29, 1.82) is 0 Å². The molecule has 220 valence electrons. The van der Waals surface area contributed by atoms with Gasteiger partial charge in [-0.3, -0.25) is 14.4 Å². The Labute approximate surface area is 236 Å². The van der Waals surface area contributed by atoms with Crippen LogP contribution < -0.4 is 10.6 Å². The Morgan fingerprint density at radius 2 is 1.57 bits per heavy atom. The molecule has 2 aromatic carbocycles. The summed E-state index contributed by atoms with van der Waals surface area (Å²) < 4.78 is 27.4. The van der Waals surface area contributed by atoms with Crippen LogP contribution in [-0.4, -0.2) is 59.5 Å². The molecule has 0 heterocycles. The fourth-order valence-corrected chi connectivity index (χ4v) is 4.40. The van der Waals surface area contributed by atoms with Crippen molar-refractivity contribution in [3.63, 3.8) is 0 Å². The maximum atomic E-state index is 13.9. The first-order valence-electron chi connectivity index (χ1n) is 14.1. The molecule has 0 aliphatic heterocycles. The van der Waals surface area contributed by atoms with E-state index >= 15 is 0 Å². The molecule has 3 N–H and O–H groups in total. The standard InChI is InChI=1S/C31H43F2N3O4/c1-6-13-36(14-7-2)31(40)24-10-8-9-23(18-24)30(39)35-27(17-22-11-12-25(32)26(33)16-22)28(37)15-21(5)29(38)34-19-20(3)4/h8-12,16,18,20-21,27-28,37H,6-7,13-15,17,19H2,1-5H3,(H,34,38)(H,35,39)/t21-,27+,28+/m1/s1. The minimum absolute atomic E-state index is 0.00381. The molecule has 7 nitrogen and oxygen atoms in total. The highest BCUT2D eigenvalue weighted by molar-refractivity contribution is 5.99. The predicted octanol–water partition coefficient (Wildman–Crippen LogP) is 4.73. The van der Waals surface area contributed by atoms with Crippen LogP contribution in [0.3, 0.4) is 0 Å². The van der Waals surface area contributed by atoms with E-state index in [1.165, 1.54) is 12.1 Å². The number of aliphatic hydroxyl groups excluding tert-OH is 1. The van der Waals surface area contributed by atoms with E-state index in [9.17, 15) is 28.3 Å². The van der Waals surface area contributed by atoms with E-state index in [1.54, 1.807) is 30.0 Å². The maximum absolute atomic E-state index is 13.9. The van der Waals surface area contributed by atoms with Crippen LogP contribution in [-0.2, 0) is 11.2 Å². The molecule has 0 radical (unpaired) electrons. The molecule has 0 bridgehead atoms. The molecule has 0 aromatic heterocycles. The number of amides is 3. The van der Waals surface area contributed by atoms with Gasteiger partial charge in [-0.25, -0.2) is 8.78 Å². The number of halogens is 2. The molecule has 2 rings (SSSR count). The zero-order chi connectivity index (χ0) is 29.8. The third-order valence-electron chi connectivity index (χ3n) is 6.59. The number of hydrogen-bond donors (Lipinski definition) is 3.